The molecule has 2 N–H and O–H groups in total. The van der Waals surface area contributed by atoms with Gasteiger partial charge in [-0.3, -0.25) is 9.69 Å². The molecule has 2 aliphatic heterocycles. The molecule has 0 spiro atoms. The number of rotatable bonds is 4. The van der Waals surface area contributed by atoms with Crippen molar-refractivity contribution >= 4 is 35.1 Å². The number of halogens is 1. The number of aromatic nitrogens is 1. The molecule has 2 unspecified atom stereocenters. The highest BCUT2D eigenvalue weighted by atomic mass is 32.2. The van der Waals surface area contributed by atoms with Gasteiger partial charge in [0, 0.05) is 17.8 Å². The normalized spacial score (nSPS) is 19.2. The molecule has 0 fully saturated rings. The molecule has 3 heterocycles. The lowest BCUT2D eigenvalue weighted by Crippen LogP contribution is -2.47. The predicted molar refractivity (Wildman–Crippen MR) is 108 cm³/mol. The summed E-state index contributed by atoms with van der Waals surface area (Å²) in [6.45, 7) is 0. The monoisotopic (exact) mass is 423 g/mol. The van der Waals surface area contributed by atoms with Gasteiger partial charge in [-0.25, -0.2) is 14.2 Å². The zero-order chi connectivity index (χ0) is 20.8. The molecule has 5 rings (SSSR count). The third-order valence-corrected chi connectivity index (χ3v) is 6.16. The fourth-order valence-electron chi connectivity index (χ4n) is 3.61. The number of thioether (sulfide) groups is 1. The van der Waals surface area contributed by atoms with Crippen LogP contribution in [0.2, 0.25) is 0 Å². The van der Waals surface area contributed by atoms with E-state index < -0.39 is 29.1 Å². The number of hydrogen-bond donors (Lipinski definition) is 2. The Labute approximate surface area is 174 Å². The molecule has 0 bridgehead atoms. The molecule has 0 saturated heterocycles. The molecule has 2 aliphatic rings. The van der Waals surface area contributed by atoms with Gasteiger partial charge in [-0.1, -0.05) is 30.0 Å². The third kappa shape index (κ3) is 2.94. The fraction of sp³-hybridized carbons (Fsp3) is 0.0952. The molecule has 0 radical (unpaired) electrons. The lowest BCUT2D eigenvalue weighted by atomic mass is 10.0. The number of anilines is 2. The van der Waals surface area contributed by atoms with E-state index in [2.05, 4.69) is 10.3 Å². The van der Waals surface area contributed by atoms with Gasteiger partial charge in [0.2, 0.25) is 0 Å². The van der Waals surface area contributed by atoms with E-state index in [1.165, 1.54) is 23.2 Å². The van der Waals surface area contributed by atoms with Gasteiger partial charge in [0.1, 0.15) is 21.8 Å². The molecule has 2 atom stereocenters. The maximum absolute atomic E-state index is 15.0. The summed E-state index contributed by atoms with van der Waals surface area (Å²) < 4.78 is 20.7. The summed E-state index contributed by atoms with van der Waals surface area (Å²) in [5, 5.41) is 11.8. The summed E-state index contributed by atoms with van der Waals surface area (Å²) in [6.07, 6.45) is 1.48. The molecule has 1 aromatic heterocycles. The van der Waals surface area contributed by atoms with Crippen LogP contribution >= 0.6 is 11.8 Å². The maximum Gasteiger partial charge on any atom is 0.327 e. The zero-order valence-electron chi connectivity index (χ0n) is 15.3. The molecule has 0 saturated carbocycles. The lowest BCUT2D eigenvalue weighted by molar-refractivity contribution is -0.136. The van der Waals surface area contributed by atoms with Crippen molar-refractivity contribution in [3.8, 4) is 11.5 Å². The van der Waals surface area contributed by atoms with Crippen LogP contribution in [0.15, 0.2) is 65.8 Å². The van der Waals surface area contributed by atoms with Crippen LogP contribution in [0.1, 0.15) is 11.6 Å². The van der Waals surface area contributed by atoms with Crippen molar-refractivity contribution in [2.24, 2.45) is 0 Å². The first-order chi connectivity index (χ1) is 14.5. The van der Waals surface area contributed by atoms with Gasteiger partial charge in [-0.2, -0.15) is 0 Å². The summed E-state index contributed by atoms with van der Waals surface area (Å²) in [5.74, 6) is -0.842. The van der Waals surface area contributed by atoms with Gasteiger partial charge in [0.05, 0.1) is 17.4 Å². The van der Waals surface area contributed by atoms with Crippen LogP contribution in [-0.2, 0) is 4.79 Å². The maximum atomic E-state index is 15.0. The van der Waals surface area contributed by atoms with Crippen LogP contribution in [0.25, 0.3) is 0 Å². The smallest absolute Gasteiger partial charge is 0.327 e. The van der Waals surface area contributed by atoms with Gasteiger partial charge < -0.3 is 15.2 Å². The number of urea groups is 1. The molecule has 0 aliphatic carbocycles. The third-order valence-electron chi connectivity index (χ3n) is 4.89. The van der Waals surface area contributed by atoms with Gasteiger partial charge in [0.15, 0.2) is 5.82 Å². The number of benzene rings is 2. The number of carboxylic acid groups (broad SMARTS) is 1. The molecule has 9 heteroatoms. The highest BCUT2D eigenvalue weighted by Crippen LogP contribution is 2.50. The largest absolute Gasteiger partial charge is 0.480 e. The van der Waals surface area contributed by atoms with Crippen molar-refractivity contribution in [2.45, 2.75) is 16.3 Å². The Balaban J connectivity index is 1.53. The van der Waals surface area contributed by atoms with E-state index >= 15 is 4.39 Å². The first-order valence-electron chi connectivity index (χ1n) is 9.04. The number of ether oxygens (including phenoxy) is 1. The first-order valence-corrected chi connectivity index (χ1v) is 9.92. The van der Waals surface area contributed by atoms with Crippen LogP contribution < -0.4 is 15.0 Å². The van der Waals surface area contributed by atoms with Gasteiger partial charge in [-0.15, -0.1) is 0 Å². The topological polar surface area (TPSA) is 91.8 Å². The second kappa shape index (κ2) is 7.03. The second-order valence-corrected chi connectivity index (χ2v) is 7.85. The summed E-state index contributed by atoms with van der Waals surface area (Å²) in [6, 6.07) is 13.5. The number of carboxylic acids is 1. The van der Waals surface area contributed by atoms with E-state index in [0.29, 0.717) is 27.8 Å². The number of hydrogen-bond acceptors (Lipinski definition) is 5. The van der Waals surface area contributed by atoms with Crippen molar-refractivity contribution in [3.05, 3.63) is 72.2 Å². The number of nitrogens with zero attached hydrogens (tertiary/aromatic N) is 2. The van der Waals surface area contributed by atoms with E-state index in [1.807, 2.05) is 6.07 Å². The number of nitrogens with one attached hydrogen (secondary N) is 1. The van der Waals surface area contributed by atoms with Crippen molar-refractivity contribution in [1.29, 1.82) is 0 Å². The van der Waals surface area contributed by atoms with E-state index in [1.54, 1.807) is 36.4 Å². The van der Waals surface area contributed by atoms with Crippen LogP contribution in [0.4, 0.5) is 20.6 Å². The molecular weight excluding hydrogens is 409 g/mol. The van der Waals surface area contributed by atoms with Crippen molar-refractivity contribution in [2.75, 3.05) is 4.90 Å². The van der Waals surface area contributed by atoms with Gasteiger partial charge in [-0.05, 0) is 30.3 Å². The number of aliphatic carboxylic acids is 1. The Hall–Kier alpha value is -3.59. The molecule has 3 aromatic rings. The minimum atomic E-state index is -1.05. The van der Waals surface area contributed by atoms with Gasteiger partial charge >= 0.3 is 12.0 Å². The van der Waals surface area contributed by atoms with Gasteiger partial charge in [0.25, 0.3) is 0 Å². The minimum Gasteiger partial charge on any atom is -0.480 e. The number of pyridine rings is 1. The standard InChI is InChI=1S/C21H14FN3O4S/c22-13-10-12(29-11-4-2-1-3-5-11)6-7-14(13)25-15-8-9-23-19-16(15)17(24-21(25)28)18(30-19)20(26)27/h1-10,17-18H,(H,24,28)(H,26,27). The quantitative estimate of drug-likeness (QED) is 0.643. The SMILES string of the molecule is O=C(O)C1Sc2nccc3c2C1NC(=O)N3c1ccc(Oc2ccccc2)cc1F. The zero-order valence-corrected chi connectivity index (χ0v) is 16.1. The highest BCUT2D eigenvalue weighted by Gasteiger charge is 2.47. The number of carbonyl (C=O) groups is 2. The molecule has 7 nitrogen and oxygen atoms in total. The molecule has 150 valence electrons. The Morgan fingerprint density at radius 2 is 1.93 bits per heavy atom. The Morgan fingerprint density at radius 3 is 2.67 bits per heavy atom. The predicted octanol–water partition coefficient (Wildman–Crippen LogP) is 4.47. The summed E-state index contributed by atoms with van der Waals surface area (Å²) in [4.78, 5) is 29.9. The summed E-state index contributed by atoms with van der Waals surface area (Å²) in [7, 11) is 0. The number of carbonyl (C=O) groups excluding carboxylic acids is 1. The van der Waals surface area contributed by atoms with E-state index in [0.717, 1.165) is 11.8 Å². The van der Waals surface area contributed by atoms with E-state index in [-0.39, 0.29) is 5.69 Å². The molecule has 2 aromatic carbocycles. The fourth-order valence-corrected chi connectivity index (χ4v) is 4.77. The highest BCUT2D eigenvalue weighted by molar-refractivity contribution is 8.00. The lowest BCUT2D eigenvalue weighted by Gasteiger charge is -2.33. The first kappa shape index (κ1) is 18.4. The Bertz CT molecular complexity index is 1170. The Kier molecular flexibility index (Phi) is 4.32. The average molecular weight is 423 g/mol. The molecule has 2 amide bonds. The van der Waals surface area contributed by atoms with Crippen molar-refractivity contribution in [1.82, 2.24) is 10.3 Å². The van der Waals surface area contributed by atoms with E-state index in [9.17, 15) is 14.7 Å². The summed E-state index contributed by atoms with van der Waals surface area (Å²) in [5.41, 5.74) is 1.03. The summed E-state index contributed by atoms with van der Waals surface area (Å²) >= 11 is 1.07. The molecular formula is C21H14FN3O4S. The van der Waals surface area contributed by atoms with Crippen LogP contribution in [0.3, 0.4) is 0 Å². The van der Waals surface area contributed by atoms with Crippen molar-refractivity contribution < 1.29 is 23.8 Å². The average Bonchev–Trinajstić information content (AvgIpc) is 3.10. The Morgan fingerprint density at radius 1 is 1.13 bits per heavy atom. The minimum absolute atomic E-state index is 0.0311. The van der Waals surface area contributed by atoms with Crippen molar-refractivity contribution in [3.63, 3.8) is 0 Å². The number of amides is 2. The van der Waals surface area contributed by atoms with E-state index in [4.69, 9.17) is 4.74 Å². The number of para-hydroxylation sites is 1. The second-order valence-electron chi connectivity index (χ2n) is 6.72. The van der Waals surface area contributed by atoms with Crippen LogP contribution in [-0.4, -0.2) is 27.3 Å². The van der Waals surface area contributed by atoms with Crippen LogP contribution in [0, 0.1) is 5.82 Å². The molecule has 30 heavy (non-hydrogen) atoms. The van der Waals surface area contributed by atoms with Crippen LogP contribution in [0.5, 0.6) is 11.5 Å².